The molecule has 4 aromatic carbocycles. The molecule has 1 heterocycles. The van der Waals surface area contributed by atoms with Crippen molar-refractivity contribution in [1.82, 2.24) is 0 Å². The second-order valence-corrected chi connectivity index (χ2v) is 16.8. The van der Waals surface area contributed by atoms with Crippen molar-refractivity contribution >= 4 is 58.9 Å². The standard InChI is InChI=1S/C21H27N2.C14H10ClN.2ClH.Ru/c1-14-9-16(3)20(17(4)10-14)22-7-8-23(13-22)21-18(5)11-15(2)12-19(21)6;1-11-4-2-3-5-12(11)10-16-14-8-6-13(15)7-9-14;;;/h9-13H,7-8H2,1-6H3;1-10H;2*1H;/q-1;;;;+2/p-2. The van der Waals surface area contributed by atoms with Crippen molar-refractivity contribution in [2.24, 2.45) is 4.99 Å². The summed E-state index contributed by atoms with van der Waals surface area (Å²) < 4.78 is 1.91. The molecule has 1 saturated heterocycles. The number of benzene rings is 4. The summed E-state index contributed by atoms with van der Waals surface area (Å²) in [5.41, 5.74) is 13.7. The topological polar surface area (TPSA) is 18.8 Å². The third kappa shape index (κ3) is 8.54. The zero-order valence-corrected chi connectivity index (χ0v) is 28.9. The Hall–Kier alpha value is -2.49. The van der Waals surface area contributed by atoms with Crippen LogP contribution in [0.5, 0.6) is 0 Å². The molecule has 0 aromatic heterocycles. The van der Waals surface area contributed by atoms with E-state index in [1.54, 1.807) is 6.21 Å². The molecule has 0 amide bonds. The first-order chi connectivity index (χ1) is 20.0. The zero-order chi connectivity index (χ0) is 30.4. The van der Waals surface area contributed by atoms with Gasteiger partial charge in [0.25, 0.3) is 0 Å². The molecule has 42 heavy (non-hydrogen) atoms. The fourth-order valence-corrected chi connectivity index (χ4v) is 7.54. The second kappa shape index (κ2) is 14.8. The van der Waals surface area contributed by atoms with Crippen LogP contribution in [0.3, 0.4) is 0 Å². The monoisotopic (exact) mass is 706 g/mol. The van der Waals surface area contributed by atoms with Gasteiger partial charge in [-0.25, -0.2) is 0 Å². The summed E-state index contributed by atoms with van der Waals surface area (Å²) in [6.07, 6.45) is 1.81. The summed E-state index contributed by atoms with van der Waals surface area (Å²) in [7, 11) is 11.8. The van der Waals surface area contributed by atoms with Gasteiger partial charge in [0.05, 0.1) is 0 Å². The summed E-state index contributed by atoms with van der Waals surface area (Å²) in [6, 6.07) is 24.4. The van der Waals surface area contributed by atoms with Crippen LogP contribution in [0.1, 0.15) is 44.5 Å². The summed E-state index contributed by atoms with van der Waals surface area (Å²) >= 11 is 4.00. The SMILES string of the molecule is Cc1cc(C)c(N2[CH-]N(c3c(C)cc(C)cc3C)CC2)c(C)c1.Clc1ccc(N=Cc2ccccc2[CH]=[Ru]([Cl])[Cl])cc1. The maximum atomic E-state index is 5.91. The minimum atomic E-state index is -1.83. The molecule has 0 N–H and O–H groups in total. The third-order valence-corrected chi connectivity index (χ3v) is 9.15. The van der Waals surface area contributed by atoms with Crippen molar-refractivity contribution in [2.45, 2.75) is 41.5 Å². The van der Waals surface area contributed by atoms with E-state index in [2.05, 4.69) is 87.3 Å². The van der Waals surface area contributed by atoms with E-state index in [-0.39, 0.29) is 0 Å². The van der Waals surface area contributed by atoms with Crippen LogP contribution < -0.4 is 9.80 Å². The molecule has 0 spiro atoms. The van der Waals surface area contributed by atoms with E-state index in [4.69, 9.17) is 31.0 Å². The maximum absolute atomic E-state index is 5.91. The quantitative estimate of drug-likeness (QED) is 0.117. The van der Waals surface area contributed by atoms with Crippen molar-refractivity contribution in [3.05, 3.63) is 129 Å². The van der Waals surface area contributed by atoms with E-state index in [1.165, 1.54) is 44.8 Å². The van der Waals surface area contributed by atoms with Crippen LogP contribution in [0.25, 0.3) is 0 Å². The molecule has 1 aliphatic rings. The first-order valence-electron chi connectivity index (χ1n) is 13.8. The second-order valence-electron chi connectivity index (χ2n) is 10.7. The number of halogens is 3. The van der Waals surface area contributed by atoms with Gasteiger partial charge in [0.2, 0.25) is 0 Å². The van der Waals surface area contributed by atoms with Crippen LogP contribution in [-0.2, 0) is 13.5 Å². The Morgan fingerprint density at radius 2 is 1.14 bits per heavy atom. The molecule has 1 fully saturated rings. The molecule has 222 valence electrons. The Bertz CT molecular complexity index is 1500. The van der Waals surface area contributed by atoms with Crippen molar-refractivity contribution in [3.63, 3.8) is 0 Å². The van der Waals surface area contributed by atoms with Gasteiger partial charge in [0.1, 0.15) is 0 Å². The van der Waals surface area contributed by atoms with E-state index in [0.717, 1.165) is 29.9 Å². The van der Waals surface area contributed by atoms with Crippen LogP contribution >= 0.6 is 31.0 Å². The fourth-order valence-electron chi connectivity index (χ4n) is 5.56. The molecule has 1 aliphatic heterocycles. The Labute approximate surface area is 269 Å². The predicted octanol–water partition coefficient (Wildman–Crippen LogP) is 10.1. The van der Waals surface area contributed by atoms with Crippen LogP contribution in [0, 0.1) is 48.2 Å². The van der Waals surface area contributed by atoms with Crippen molar-refractivity contribution in [1.29, 1.82) is 0 Å². The number of nitrogens with zero attached hydrogens (tertiary/aromatic N) is 3. The predicted molar refractivity (Wildman–Crippen MR) is 182 cm³/mol. The van der Waals surface area contributed by atoms with Crippen LogP contribution in [0.15, 0.2) is 77.8 Å². The molecule has 5 rings (SSSR count). The first kappa shape index (κ1) is 32.4. The number of anilines is 2. The van der Waals surface area contributed by atoms with Gasteiger partial charge in [-0.05, 0) is 63.8 Å². The summed E-state index contributed by atoms with van der Waals surface area (Å²) in [6.45, 7) is 17.6. The van der Waals surface area contributed by atoms with Gasteiger partial charge in [-0.3, -0.25) is 0 Å². The van der Waals surface area contributed by atoms with E-state index in [9.17, 15) is 0 Å². The van der Waals surface area contributed by atoms with Gasteiger partial charge < -0.3 is 9.80 Å². The van der Waals surface area contributed by atoms with Crippen molar-refractivity contribution < 1.29 is 13.5 Å². The van der Waals surface area contributed by atoms with Gasteiger partial charge in [0.15, 0.2) is 0 Å². The molecule has 0 aliphatic carbocycles. The van der Waals surface area contributed by atoms with Crippen LogP contribution in [0.4, 0.5) is 17.1 Å². The number of hydrogen-bond acceptors (Lipinski definition) is 3. The molecule has 0 atom stereocenters. The molecule has 0 radical (unpaired) electrons. The van der Waals surface area contributed by atoms with Crippen LogP contribution in [0.2, 0.25) is 5.02 Å². The Morgan fingerprint density at radius 1 is 0.690 bits per heavy atom. The zero-order valence-electron chi connectivity index (χ0n) is 24.9. The van der Waals surface area contributed by atoms with E-state index in [0.29, 0.717) is 5.02 Å². The van der Waals surface area contributed by atoms with Crippen molar-refractivity contribution in [2.75, 3.05) is 22.9 Å². The average molecular weight is 707 g/mol. The number of hydrogen-bond donors (Lipinski definition) is 0. The molecular weight excluding hydrogens is 670 g/mol. The molecule has 3 nitrogen and oxygen atoms in total. The average Bonchev–Trinajstić information content (AvgIpc) is 3.37. The van der Waals surface area contributed by atoms with Gasteiger partial charge in [0, 0.05) is 24.5 Å². The normalized spacial score (nSPS) is 13.3. The number of aliphatic imine (C=N–C) groups is 1. The number of rotatable bonds is 5. The summed E-state index contributed by atoms with van der Waals surface area (Å²) in [5.74, 6) is 0. The third-order valence-electron chi connectivity index (χ3n) is 7.07. The van der Waals surface area contributed by atoms with E-state index < -0.39 is 13.5 Å². The van der Waals surface area contributed by atoms with E-state index >= 15 is 0 Å². The molecule has 0 saturated carbocycles. The Balaban J connectivity index is 0.000000197. The van der Waals surface area contributed by atoms with E-state index in [1.807, 2.05) is 53.1 Å². The van der Waals surface area contributed by atoms with Crippen LogP contribution in [-0.4, -0.2) is 23.9 Å². The first-order valence-corrected chi connectivity index (χ1v) is 19.6. The molecule has 4 aromatic rings. The Kier molecular flexibility index (Phi) is 11.4. The van der Waals surface area contributed by atoms with Gasteiger partial charge in [-0.2, -0.15) is 6.67 Å². The molecule has 7 heteroatoms. The summed E-state index contributed by atoms with van der Waals surface area (Å²) in [5, 5.41) is 0.700. The van der Waals surface area contributed by atoms with Gasteiger partial charge >= 0.3 is 131 Å². The summed E-state index contributed by atoms with van der Waals surface area (Å²) in [4.78, 5) is 9.22. The van der Waals surface area contributed by atoms with Gasteiger partial charge in [-0.15, -0.1) is 0 Å². The molecule has 0 bridgehead atoms. The molecule has 0 unspecified atom stereocenters. The van der Waals surface area contributed by atoms with Crippen molar-refractivity contribution in [3.8, 4) is 0 Å². The van der Waals surface area contributed by atoms with Gasteiger partial charge in [-0.1, -0.05) is 35.4 Å². The number of aryl methyl sites for hydroxylation is 6. The molecular formula is C35H37Cl3N3Ru-. The minimum absolute atomic E-state index is 0.700. The Morgan fingerprint density at radius 3 is 1.60 bits per heavy atom. The fraction of sp³-hybridized carbons (Fsp3) is 0.229.